The van der Waals surface area contributed by atoms with E-state index >= 15 is 0 Å². The summed E-state index contributed by atoms with van der Waals surface area (Å²) in [6.07, 6.45) is 1.63. The minimum absolute atomic E-state index is 0.347. The van der Waals surface area contributed by atoms with Crippen LogP contribution in [-0.2, 0) is 14.8 Å². The molecule has 6 heteroatoms. The Kier molecular flexibility index (Phi) is 7.32. The molecule has 0 radical (unpaired) electrons. The summed E-state index contributed by atoms with van der Waals surface area (Å²) in [5.74, 6) is 0.710. The number of sulfonamides is 1. The molecule has 0 saturated carbocycles. The van der Waals surface area contributed by atoms with Crippen LogP contribution in [-0.4, -0.2) is 35.3 Å². The Morgan fingerprint density at radius 2 is 1.82 bits per heavy atom. The zero-order valence-corrected chi connectivity index (χ0v) is 15.0. The molecule has 1 N–H and O–H groups in total. The molecule has 0 bridgehead atoms. The molecule has 0 unspecified atom stereocenters. The van der Waals surface area contributed by atoms with E-state index in [-0.39, 0.29) is 0 Å². The topological polar surface area (TPSA) is 64.6 Å². The van der Waals surface area contributed by atoms with Crippen molar-refractivity contribution < 1.29 is 17.9 Å². The molecule has 0 aliphatic rings. The van der Waals surface area contributed by atoms with E-state index in [1.165, 1.54) is 0 Å². The summed E-state index contributed by atoms with van der Waals surface area (Å²) < 4.78 is 38.3. The molecule has 1 aromatic rings. The highest BCUT2D eigenvalue weighted by Crippen LogP contribution is 2.30. The van der Waals surface area contributed by atoms with Gasteiger partial charge in [-0.3, -0.25) is 0 Å². The Bertz CT molecular complexity index is 597. The Labute approximate surface area is 134 Å². The maximum absolute atomic E-state index is 12.5. The second-order valence-corrected chi connectivity index (χ2v) is 7.04. The predicted molar refractivity (Wildman–Crippen MR) is 88.1 cm³/mol. The third kappa shape index (κ3) is 4.69. The maximum atomic E-state index is 12.5. The molecule has 0 atom stereocenters. The van der Waals surface area contributed by atoms with Gasteiger partial charge in [0.05, 0.1) is 12.0 Å². The molecule has 126 valence electrons. The van der Waals surface area contributed by atoms with Gasteiger partial charge in [-0.15, -0.1) is 0 Å². The summed E-state index contributed by atoms with van der Waals surface area (Å²) >= 11 is 0. The van der Waals surface area contributed by atoms with Crippen molar-refractivity contribution in [1.82, 2.24) is 4.72 Å². The molecule has 5 nitrogen and oxygen atoms in total. The number of methoxy groups -OCH3 is 1. The van der Waals surface area contributed by atoms with Crippen molar-refractivity contribution in [2.45, 2.75) is 45.4 Å². The van der Waals surface area contributed by atoms with Crippen LogP contribution in [0.4, 0.5) is 0 Å². The lowest BCUT2D eigenvalue weighted by Gasteiger charge is -2.16. The van der Waals surface area contributed by atoms with E-state index in [1.807, 2.05) is 20.8 Å². The number of benzene rings is 1. The van der Waals surface area contributed by atoms with Crippen molar-refractivity contribution in [3.63, 3.8) is 0 Å². The van der Waals surface area contributed by atoms with Crippen molar-refractivity contribution in [2.75, 3.05) is 26.9 Å². The molecule has 1 rings (SSSR count). The highest BCUT2D eigenvalue weighted by molar-refractivity contribution is 7.89. The van der Waals surface area contributed by atoms with Crippen molar-refractivity contribution in [3.8, 4) is 5.75 Å². The summed E-state index contributed by atoms with van der Waals surface area (Å²) in [6.45, 7) is 9.15. The number of hydrogen-bond acceptors (Lipinski definition) is 4. The van der Waals surface area contributed by atoms with E-state index < -0.39 is 10.0 Å². The number of hydrogen-bond donors (Lipinski definition) is 1. The standard InChI is InChI=1S/C16H27NO4S/c1-6-9-21-10-7-8-17-22(18,19)16-12(2)11-15(20-5)13(3)14(16)4/h11,17H,6-10H2,1-5H3. The van der Waals surface area contributed by atoms with Gasteiger partial charge in [-0.25, -0.2) is 13.1 Å². The summed E-state index contributed by atoms with van der Waals surface area (Å²) in [5, 5.41) is 0. The van der Waals surface area contributed by atoms with Gasteiger partial charge in [-0.2, -0.15) is 0 Å². The number of nitrogens with one attached hydrogen (secondary N) is 1. The number of rotatable bonds is 9. The van der Waals surface area contributed by atoms with Crippen LogP contribution >= 0.6 is 0 Å². The van der Waals surface area contributed by atoms with E-state index in [0.717, 1.165) is 17.5 Å². The Morgan fingerprint density at radius 1 is 1.14 bits per heavy atom. The second kappa shape index (κ2) is 8.50. The molecule has 0 spiro atoms. The highest BCUT2D eigenvalue weighted by atomic mass is 32.2. The van der Waals surface area contributed by atoms with Crippen LogP contribution in [0.2, 0.25) is 0 Å². The first kappa shape index (κ1) is 18.9. The van der Waals surface area contributed by atoms with Crippen LogP contribution in [0.1, 0.15) is 36.5 Å². The molecular weight excluding hydrogens is 302 g/mol. The van der Waals surface area contributed by atoms with Gasteiger partial charge in [-0.1, -0.05) is 6.92 Å². The molecule has 22 heavy (non-hydrogen) atoms. The van der Waals surface area contributed by atoms with E-state index in [2.05, 4.69) is 4.72 Å². The normalized spacial score (nSPS) is 11.7. The van der Waals surface area contributed by atoms with Crippen LogP contribution in [0.3, 0.4) is 0 Å². The van der Waals surface area contributed by atoms with Gasteiger partial charge in [-0.05, 0) is 56.4 Å². The lowest BCUT2D eigenvalue weighted by molar-refractivity contribution is 0.133. The smallest absolute Gasteiger partial charge is 0.241 e. The van der Waals surface area contributed by atoms with Gasteiger partial charge in [0, 0.05) is 19.8 Å². The number of ether oxygens (including phenoxy) is 2. The fourth-order valence-electron chi connectivity index (χ4n) is 2.35. The van der Waals surface area contributed by atoms with Gasteiger partial charge < -0.3 is 9.47 Å². The summed E-state index contributed by atoms with van der Waals surface area (Å²) in [7, 11) is -1.94. The monoisotopic (exact) mass is 329 g/mol. The van der Waals surface area contributed by atoms with Crippen molar-refractivity contribution in [1.29, 1.82) is 0 Å². The molecule has 0 heterocycles. The van der Waals surface area contributed by atoms with E-state index in [1.54, 1.807) is 20.1 Å². The van der Waals surface area contributed by atoms with Crippen molar-refractivity contribution in [3.05, 3.63) is 22.8 Å². The SMILES string of the molecule is CCCOCCCNS(=O)(=O)c1c(C)cc(OC)c(C)c1C. The Balaban J connectivity index is 2.83. The van der Waals surface area contributed by atoms with Crippen LogP contribution in [0.25, 0.3) is 0 Å². The fourth-order valence-corrected chi connectivity index (χ4v) is 3.94. The average Bonchev–Trinajstić information content (AvgIpc) is 2.46. The average molecular weight is 329 g/mol. The minimum atomic E-state index is -3.52. The number of aryl methyl sites for hydroxylation is 1. The predicted octanol–water partition coefficient (Wildman–Crippen LogP) is 2.72. The molecule has 0 fully saturated rings. The van der Waals surface area contributed by atoms with Crippen LogP contribution in [0.5, 0.6) is 5.75 Å². The fraction of sp³-hybridized carbons (Fsp3) is 0.625. The molecule has 0 aromatic heterocycles. The van der Waals surface area contributed by atoms with E-state index in [4.69, 9.17) is 9.47 Å². The third-order valence-corrected chi connectivity index (χ3v) is 5.32. The quantitative estimate of drug-likeness (QED) is 0.708. The van der Waals surface area contributed by atoms with Crippen molar-refractivity contribution >= 4 is 10.0 Å². The van der Waals surface area contributed by atoms with E-state index in [9.17, 15) is 8.42 Å². The molecule has 0 saturated heterocycles. The minimum Gasteiger partial charge on any atom is -0.496 e. The Morgan fingerprint density at radius 3 is 2.41 bits per heavy atom. The summed E-state index contributed by atoms with van der Waals surface area (Å²) in [5.41, 5.74) is 2.26. The lowest BCUT2D eigenvalue weighted by atomic mass is 10.1. The second-order valence-electron chi connectivity index (χ2n) is 5.34. The lowest BCUT2D eigenvalue weighted by Crippen LogP contribution is -2.27. The first-order chi connectivity index (χ1) is 10.3. The van der Waals surface area contributed by atoms with Crippen molar-refractivity contribution in [2.24, 2.45) is 0 Å². The largest absolute Gasteiger partial charge is 0.496 e. The van der Waals surface area contributed by atoms with E-state index in [0.29, 0.717) is 42.4 Å². The maximum Gasteiger partial charge on any atom is 0.241 e. The van der Waals surface area contributed by atoms with Crippen LogP contribution in [0.15, 0.2) is 11.0 Å². The summed E-state index contributed by atoms with van der Waals surface area (Å²) in [4.78, 5) is 0.347. The van der Waals surface area contributed by atoms with Gasteiger partial charge >= 0.3 is 0 Å². The first-order valence-electron chi connectivity index (χ1n) is 7.57. The molecule has 0 amide bonds. The summed E-state index contributed by atoms with van der Waals surface area (Å²) in [6, 6.07) is 1.77. The van der Waals surface area contributed by atoms with Gasteiger partial charge in [0.25, 0.3) is 0 Å². The first-order valence-corrected chi connectivity index (χ1v) is 9.05. The molecule has 0 aliphatic carbocycles. The molecule has 0 aliphatic heterocycles. The van der Waals surface area contributed by atoms with Gasteiger partial charge in [0.1, 0.15) is 5.75 Å². The zero-order valence-electron chi connectivity index (χ0n) is 14.2. The van der Waals surface area contributed by atoms with Crippen LogP contribution in [0, 0.1) is 20.8 Å². The zero-order chi connectivity index (χ0) is 16.8. The molecule has 1 aromatic carbocycles. The van der Waals surface area contributed by atoms with Gasteiger partial charge in [0.2, 0.25) is 10.0 Å². The van der Waals surface area contributed by atoms with Gasteiger partial charge in [0.15, 0.2) is 0 Å². The molecular formula is C16H27NO4S. The third-order valence-electron chi connectivity index (χ3n) is 3.57. The van der Waals surface area contributed by atoms with Crippen LogP contribution < -0.4 is 9.46 Å². The highest BCUT2D eigenvalue weighted by Gasteiger charge is 2.22. The Hall–Kier alpha value is -1.11.